The van der Waals surface area contributed by atoms with Gasteiger partial charge in [0.25, 0.3) is 5.56 Å². The molecule has 8 nitrogen and oxygen atoms in total. The highest BCUT2D eigenvalue weighted by molar-refractivity contribution is 7.98. The molecule has 0 spiro atoms. The zero-order valence-electron chi connectivity index (χ0n) is 19.6. The van der Waals surface area contributed by atoms with Gasteiger partial charge in [-0.1, -0.05) is 23.8 Å². The second kappa shape index (κ2) is 9.42. The van der Waals surface area contributed by atoms with Crippen LogP contribution in [-0.4, -0.2) is 33.9 Å². The van der Waals surface area contributed by atoms with Gasteiger partial charge in [-0.05, 0) is 55.9 Å². The maximum atomic E-state index is 13.4. The van der Waals surface area contributed by atoms with Crippen LogP contribution in [0.25, 0.3) is 21.6 Å². The number of rotatable bonds is 7. The maximum Gasteiger partial charge on any atom is 0.263 e. The Kier molecular flexibility index (Phi) is 6.35. The normalized spacial score (nSPS) is 15.5. The fourth-order valence-corrected chi connectivity index (χ4v) is 6.65. The molecule has 5 rings (SSSR count). The minimum Gasteiger partial charge on any atom is -0.493 e. The lowest BCUT2D eigenvalue weighted by atomic mass is 9.89. The molecule has 178 valence electrons. The molecular weight excluding hydrogens is 472 g/mol. The standard InChI is InChI=1S/C24H26N4O4S2/c1-5-28-23(29)20-15-8-6-13(2)10-18(15)34-22(20)26-24(28)33-12-19-25-21(27-32-19)14-7-9-16(30-3)17(11-14)31-4/h7,9,11,13H,5-6,8,10,12H2,1-4H3. The molecular formula is C24H26N4O4S2. The van der Waals surface area contributed by atoms with E-state index >= 15 is 0 Å². The third kappa shape index (κ3) is 4.09. The van der Waals surface area contributed by atoms with E-state index in [4.69, 9.17) is 19.0 Å². The van der Waals surface area contributed by atoms with E-state index in [0.29, 0.717) is 46.6 Å². The number of methoxy groups -OCH3 is 2. The largest absolute Gasteiger partial charge is 0.493 e. The van der Waals surface area contributed by atoms with Gasteiger partial charge in [-0.25, -0.2) is 4.98 Å². The Balaban J connectivity index is 1.41. The van der Waals surface area contributed by atoms with Crippen molar-refractivity contribution in [1.82, 2.24) is 19.7 Å². The topological polar surface area (TPSA) is 92.3 Å². The lowest BCUT2D eigenvalue weighted by Crippen LogP contribution is -2.23. The number of ether oxygens (including phenoxy) is 2. The van der Waals surface area contributed by atoms with Crippen molar-refractivity contribution in [3.05, 3.63) is 44.9 Å². The number of thioether (sulfide) groups is 1. The van der Waals surface area contributed by atoms with Crippen molar-refractivity contribution in [2.75, 3.05) is 14.2 Å². The van der Waals surface area contributed by atoms with Crippen LogP contribution >= 0.6 is 23.1 Å². The molecule has 1 atom stereocenters. The van der Waals surface area contributed by atoms with E-state index in [2.05, 4.69) is 17.1 Å². The summed E-state index contributed by atoms with van der Waals surface area (Å²) in [4.78, 5) is 24.9. The highest BCUT2D eigenvalue weighted by Crippen LogP contribution is 2.37. The van der Waals surface area contributed by atoms with Crippen LogP contribution in [0.4, 0.5) is 0 Å². The van der Waals surface area contributed by atoms with Crippen LogP contribution < -0.4 is 15.0 Å². The minimum absolute atomic E-state index is 0.0543. The first-order chi connectivity index (χ1) is 16.5. The predicted molar refractivity (Wildman–Crippen MR) is 133 cm³/mol. The molecule has 1 aliphatic rings. The molecule has 10 heteroatoms. The number of nitrogens with zero attached hydrogens (tertiary/aromatic N) is 4. The average molecular weight is 499 g/mol. The summed E-state index contributed by atoms with van der Waals surface area (Å²) in [6.07, 6.45) is 3.12. The Labute approximate surface area is 205 Å². The number of hydrogen-bond donors (Lipinski definition) is 0. The first-order valence-electron chi connectivity index (χ1n) is 11.2. The molecule has 0 aliphatic heterocycles. The molecule has 4 aromatic rings. The van der Waals surface area contributed by atoms with Gasteiger partial charge >= 0.3 is 0 Å². The molecule has 1 aromatic carbocycles. The van der Waals surface area contributed by atoms with Crippen molar-refractivity contribution < 1.29 is 14.0 Å². The van der Waals surface area contributed by atoms with E-state index < -0.39 is 0 Å². The molecule has 0 saturated heterocycles. The molecule has 3 heterocycles. The van der Waals surface area contributed by atoms with E-state index in [0.717, 1.165) is 35.0 Å². The van der Waals surface area contributed by atoms with Crippen molar-refractivity contribution in [3.63, 3.8) is 0 Å². The van der Waals surface area contributed by atoms with Crippen LogP contribution in [0.1, 0.15) is 36.6 Å². The number of fused-ring (bicyclic) bond motifs is 3. The third-order valence-corrected chi connectivity index (χ3v) is 8.24. The Morgan fingerprint density at radius 3 is 2.82 bits per heavy atom. The molecule has 0 fully saturated rings. The molecule has 0 bridgehead atoms. The Morgan fingerprint density at radius 1 is 1.24 bits per heavy atom. The van der Waals surface area contributed by atoms with Crippen LogP contribution in [0.15, 0.2) is 32.7 Å². The second-order valence-corrected chi connectivity index (χ2v) is 10.4. The van der Waals surface area contributed by atoms with E-state index in [1.165, 1.54) is 22.2 Å². The van der Waals surface area contributed by atoms with E-state index in [1.807, 2.05) is 19.1 Å². The second-order valence-electron chi connectivity index (χ2n) is 8.35. The predicted octanol–water partition coefficient (Wildman–Crippen LogP) is 4.96. The van der Waals surface area contributed by atoms with Crippen LogP contribution in [0.3, 0.4) is 0 Å². The summed E-state index contributed by atoms with van der Waals surface area (Å²) < 4.78 is 17.9. The van der Waals surface area contributed by atoms with Gasteiger partial charge in [-0.15, -0.1) is 11.3 Å². The van der Waals surface area contributed by atoms with Crippen molar-refractivity contribution in [2.24, 2.45) is 5.92 Å². The molecule has 0 saturated carbocycles. The van der Waals surface area contributed by atoms with Crippen molar-refractivity contribution in [2.45, 2.75) is 50.6 Å². The van der Waals surface area contributed by atoms with Crippen molar-refractivity contribution in [1.29, 1.82) is 0 Å². The highest BCUT2D eigenvalue weighted by atomic mass is 32.2. The minimum atomic E-state index is 0.0543. The SMILES string of the molecule is CCn1c(SCc2nc(-c3ccc(OC)c(OC)c3)no2)nc2sc3c(c2c1=O)CCC(C)C3. The van der Waals surface area contributed by atoms with Crippen LogP contribution in [0.2, 0.25) is 0 Å². The molecule has 0 radical (unpaired) electrons. The molecule has 34 heavy (non-hydrogen) atoms. The van der Waals surface area contributed by atoms with Crippen LogP contribution in [0.5, 0.6) is 11.5 Å². The Bertz CT molecular complexity index is 1410. The summed E-state index contributed by atoms with van der Waals surface area (Å²) >= 11 is 3.11. The fraction of sp³-hybridized carbons (Fsp3) is 0.417. The number of benzene rings is 1. The van der Waals surface area contributed by atoms with E-state index in [-0.39, 0.29) is 5.56 Å². The van der Waals surface area contributed by atoms with Crippen LogP contribution in [-0.2, 0) is 25.1 Å². The monoisotopic (exact) mass is 498 g/mol. The third-order valence-electron chi connectivity index (χ3n) is 6.13. The van der Waals surface area contributed by atoms with Gasteiger partial charge in [0.15, 0.2) is 16.7 Å². The zero-order valence-corrected chi connectivity index (χ0v) is 21.2. The summed E-state index contributed by atoms with van der Waals surface area (Å²) in [5, 5.41) is 5.60. The van der Waals surface area contributed by atoms with Gasteiger partial charge in [-0.3, -0.25) is 9.36 Å². The van der Waals surface area contributed by atoms with E-state index in [9.17, 15) is 4.79 Å². The van der Waals surface area contributed by atoms with Crippen LogP contribution in [0, 0.1) is 5.92 Å². The fourth-order valence-electron chi connectivity index (χ4n) is 4.33. The highest BCUT2D eigenvalue weighted by Gasteiger charge is 2.24. The van der Waals surface area contributed by atoms with Gasteiger partial charge in [0, 0.05) is 17.0 Å². The van der Waals surface area contributed by atoms with Gasteiger partial charge in [0.2, 0.25) is 11.7 Å². The zero-order chi connectivity index (χ0) is 23.8. The lowest BCUT2D eigenvalue weighted by molar-refractivity contribution is 0.355. The summed E-state index contributed by atoms with van der Waals surface area (Å²) in [5.41, 5.74) is 2.03. The Morgan fingerprint density at radius 2 is 2.06 bits per heavy atom. The first kappa shape index (κ1) is 22.9. The van der Waals surface area contributed by atoms with Crippen molar-refractivity contribution >= 4 is 33.3 Å². The summed E-state index contributed by atoms with van der Waals surface area (Å²) in [6.45, 7) is 4.81. The smallest absolute Gasteiger partial charge is 0.263 e. The van der Waals surface area contributed by atoms with Gasteiger partial charge < -0.3 is 14.0 Å². The summed E-state index contributed by atoms with van der Waals surface area (Å²) in [6, 6.07) is 5.47. The molecule has 0 amide bonds. The first-order valence-corrected chi connectivity index (χ1v) is 13.0. The van der Waals surface area contributed by atoms with E-state index in [1.54, 1.807) is 36.2 Å². The molecule has 1 aliphatic carbocycles. The quantitative estimate of drug-likeness (QED) is 0.261. The molecule has 3 aromatic heterocycles. The molecule has 0 N–H and O–H groups in total. The summed E-state index contributed by atoms with van der Waals surface area (Å²) in [7, 11) is 3.18. The number of aryl methyl sites for hydroxylation is 1. The van der Waals surface area contributed by atoms with Gasteiger partial charge in [0.05, 0.1) is 25.4 Å². The Hall–Kier alpha value is -2.85. The average Bonchev–Trinajstić information content (AvgIpc) is 3.46. The maximum absolute atomic E-state index is 13.4. The van der Waals surface area contributed by atoms with Gasteiger partial charge in [0.1, 0.15) is 4.83 Å². The number of thiophene rings is 1. The number of aromatic nitrogens is 4. The van der Waals surface area contributed by atoms with Crippen molar-refractivity contribution in [3.8, 4) is 22.9 Å². The number of hydrogen-bond acceptors (Lipinski definition) is 9. The lowest BCUT2D eigenvalue weighted by Gasteiger charge is -2.17. The summed E-state index contributed by atoms with van der Waals surface area (Å²) in [5.74, 6) is 3.23. The van der Waals surface area contributed by atoms with Gasteiger partial charge in [-0.2, -0.15) is 4.98 Å². The molecule has 1 unspecified atom stereocenters.